The quantitative estimate of drug-likeness (QED) is 0.555. The van der Waals surface area contributed by atoms with Crippen LogP contribution in [0.1, 0.15) is 13.8 Å². The molecule has 52 valence electrons. The topological polar surface area (TPSA) is 41.6 Å². The second-order valence-electron chi connectivity index (χ2n) is 2.17. The molecule has 0 bridgehead atoms. The summed E-state index contributed by atoms with van der Waals surface area (Å²) in [6.45, 7) is 4.09. The first-order valence-corrected chi connectivity index (χ1v) is 2.92. The lowest BCUT2D eigenvalue weighted by molar-refractivity contribution is -0.102. The van der Waals surface area contributed by atoms with Gasteiger partial charge in [0.05, 0.1) is 6.04 Å². The Morgan fingerprint density at radius 2 is 2.44 bits per heavy atom. The standard InChI is InChI=1S/C5H10N2O2/c1-4(2)7-5(8)6-3-9-7/h4H,3H2,1-2H3,(H,6,8). The van der Waals surface area contributed by atoms with E-state index in [0.717, 1.165) is 0 Å². The summed E-state index contributed by atoms with van der Waals surface area (Å²) < 4.78 is 0. The van der Waals surface area contributed by atoms with Crippen molar-refractivity contribution in [3.8, 4) is 0 Å². The Kier molecular flexibility index (Phi) is 1.57. The first-order valence-electron chi connectivity index (χ1n) is 2.92. The maximum absolute atomic E-state index is 10.7. The molecule has 0 saturated carbocycles. The zero-order valence-corrected chi connectivity index (χ0v) is 5.55. The molecule has 1 fully saturated rings. The van der Waals surface area contributed by atoms with Crippen LogP contribution in [0.5, 0.6) is 0 Å². The highest BCUT2D eigenvalue weighted by Gasteiger charge is 2.22. The van der Waals surface area contributed by atoms with Crippen LogP contribution in [-0.2, 0) is 4.84 Å². The van der Waals surface area contributed by atoms with Gasteiger partial charge in [0.2, 0.25) is 0 Å². The van der Waals surface area contributed by atoms with Gasteiger partial charge in [0.15, 0.2) is 0 Å². The second kappa shape index (κ2) is 2.23. The highest BCUT2D eigenvalue weighted by Crippen LogP contribution is 2.03. The smallest absolute Gasteiger partial charge is 0.311 e. The van der Waals surface area contributed by atoms with Gasteiger partial charge in [-0.15, -0.1) is 0 Å². The first-order chi connectivity index (χ1) is 4.22. The van der Waals surface area contributed by atoms with Crippen molar-refractivity contribution in [3.63, 3.8) is 0 Å². The molecule has 1 N–H and O–H groups in total. The monoisotopic (exact) mass is 130 g/mol. The Labute approximate surface area is 53.7 Å². The highest BCUT2D eigenvalue weighted by molar-refractivity contribution is 5.74. The minimum Gasteiger partial charge on any atom is -0.311 e. The molecule has 0 aromatic heterocycles. The summed E-state index contributed by atoms with van der Waals surface area (Å²) in [6.07, 6.45) is 0. The zero-order valence-electron chi connectivity index (χ0n) is 5.55. The van der Waals surface area contributed by atoms with E-state index in [4.69, 9.17) is 4.84 Å². The number of rotatable bonds is 1. The third kappa shape index (κ3) is 1.13. The number of nitrogens with zero attached hydrogens (tertiary/aromatic N) is 1. The van der Waals surface area contributed by atoms with Gasteiger partial charge in [-0.05, 0) is 13.8 Å². The number of urea groups is 1. The Morgan fingerprint density at radius 3 is 2.67 bits per heavy atom. The maximum Gasteiger partial charge on any atom is 0.343 e. The molecule has 2 amide bonds. The molecule has 1 rings (SSSR count). The van der Waals surface area contributed by atoms with Crippen molar-refractivity contribution in [1.82, 2.24) is 10.4 Å². The SMILES string of the molecule is CC(C)N1OCNC1=O. The molecule has 1 heterocycles. The van der Waals surface area contributed by atoms with E-state index in [9.17, 15) is 4.79 Å². The Balaban J connectivity index is 2.49. The van der Waals surface area contributed by atoms with Crippen LogP contribution >= 0.6 is 0 Å². The van der Waals surface area contributed by atoms with Gasteiger partial charge >= 0.3 is 6.03 Å². The number of amides is 2. The van der Waals surface area contributed by atoms with E-state index in [2.05, 4.69) is 5.32 Å². The summed E-state index contributed by atoms with van der Waals surface area (Å²) in [7, 11) is 0. The molecule has 0 atom stereocenters. The average molecular weight is 130 g/mol. The number of hydrogen-bond acceptors (Lipinski definition) is 2. The molecule has 0 aromatic rings. The predicted molar refractivity (Wildman–Crippen MR) is 31.5 cm³/mol. The van der Waals surface area contributed by atoms with Gasteiger partial charge in [-0.1, -0.05) is 0 Å². The van der Waals surface area contributed by atoms with Crippen molar-refractivity contribution in [2.24, 2.45) is 0 Å². The number of hydroxylamine groups is 2. The summed E-state index contributed by atoms with van der Waals surface area (Å²) in [5.41, 5.74) is 0. The van der Waals surface area contributed by atoms with E-state index >= 15 is 0 Å². The van der Waals surface area contributed by atoms with Crippen molar-refractivity contribution in [2.45, 2.75) is 19.9 Å². The Bertz CT molecular complexity index is 124. The molecule has 4 nitrogen and oxygen atoms in total. The van der Waals surface area contributed by atoms with Crippen LogP contribution < -0.4 is 5.32 Å². The van der Waals surface area contributed by atoms with Crippen LogP contribution in [0, 0.1) is 0 Å². The minimum absolute atomic E-state index is 0.118. The molecule has 4 heteroatoms. The van der Waals surface area contributed by atoms with Gasteiger partial charge in [-0.3, -0.25) is 0 Å². The summed E-state index contributed by atoms with van der Waals surface area (Å²) in [5.74, 6) is 0. The molecule has 0 spiro atoms. The highest BCUT2D eigenvalue weighted by atomic mass is 16.7. The normalized spacial score (nSPS) is 19.0. The molecule has 1 aliphatic rings. The lowest BCUT2D eigenvalue weighted by Gasteiger charge is -2.15. The number of hydrogen-bond donors (Lipinski definition) is 1. The lowest BCUT2D eigenvalue weighted by atomic mass is 10.4. The molecule has 1 saturated heterocycles. The Morgan fingerprint density at radius 1 is 1.78 bits per heavy atom. The van der Waals surface area contributed by atoms with Gasteiger partial charge in [0.1, 0.15) is 6.73 Å². The third-order valence-electron chi connectivity index (χ3n) is 1.10. The molecule has 9 heavy (non-hydrogen) atoms. The van der Waals surface area contributed by atoms with Crippen LogP contribution in [0.3, 0.4) is 0 Å². The van der Waals surface area contributed by atoms with Crippen LogP contribution in [-0.4, -0.2) is 23.9 Å². The molecule has 0 aromatic carbocycles. The number of carbonyl (C=O) groups is 1. The summed E-state index contributed by atoms with van der Waals surface area (Å²) >= 11 is 0. The van der Waals surface area contributed by atoms with E-state index in [1.807, 2.05) is 13.8 Å². The number of nitrogens with one attached hydrogen (secondary N) is 1. The zero-order chi connectivity index (χ0) is 6.85. The third-order valence-corrected chi connectivity index (χ3v) is 1.10. The van der Waals surface area contributed by atoms with Crippen LogP contribution in [0.2, 0.25) is 0 Å². The summed E-state index contributed by atoms with van der Waals surface area (Å²) in [6, 6.07) is -0.0301. The van der Waals surface area contributed by atoms with Gasteiger partial charge in [0, 0.05) is 0 Å². The van der Waals surface area contributed by atoms with Crippen LogP contribution in [0.15, 0.2) is 0 Å². The maximum atomic E-state index is 10.7. The molecular formula is C5H10N2O2. The molecule has 0 radical (unpaired) electrons. The van der Waals surface area contributed by atoms with Crippen molar-refractivity contribution < 1.29 is 9.63 Å². The predicted octanol–water partition coefficient (Wildman–Crippen LogP) is 0.309. The van der Waals surface area contributed by atoms with E-state index in [1.54, 1.807) is 0 Å². The van der Waals surface area contributed by atoms with Gasteiger partial charge < -0.3 is 5.32 Å². The second-order valence-corrected chi connectivity index (χ2v) is 2.17. The van der Waals surface area contributed by atoms with Crippen molar-refractivity contribution >= 4 is 6.03 Å². The minimum atomic E-state index is -0.148. The average Bonchev–Trinajstić information content (AvgIpc) is 2.13. The van der Waals surface area contributed by atoms with Crippen LogP contribution in [0.25, 0.3) is 0 Å². The molecule has 1 aliphatic heterocycles. The van der Waals surface area contributed by atoms with E-state index < -0.39 is 0 Å². The van der Waals surface area contributed by atoms with Crippen molar-refractivity contribution in [2.75, 3.05) is 6.73 Å². The van der Waals surface area contributed by atoms with E-state index in [0.29, 0.717) is 6.73 Å². The first kappa shape index (κ1) is 6.35. The van der Waals surface area contributed by atoms with Crippen molar-refractivity contribution in [1.29, 1.82) is 0 Å². The molecular weight excluding hydrogens is 120 g/mol. The summed E-state index contributed by atoms with van der Waals surface area (Å²) in [4.78, 5) is 15.6. The van der Waals surface area contributed by atoms with Gasteiger partial charge in [-0.25, -0.2) is 9.63 Å². The van der Waals surface area contributed by atoms with Crippen molar-refractivity contribution in [3.05, 3.63) is 0 Å². The summed E-state index contributed by atoms with van der Waals surface area (Å²) in [5, 5.41) is 3.84. The lowest BCUT2D eigenvalue weighted by Crippen LogP contribution is -2.33. The number of carbonyl (C=O) groups excluding carboxylic acids is 1. The fourth-order valence-corrected chi connectivity index (χ4v) is 0.684. The fraction of sp³-hybridized carbons (Fsp3) is 0.800. The van der Waals surface area contributed by atoms with Gasteiger partial charge in [-0.2, -0.15) is 5.06 Å². The van der Waals surface area contributed by atoms with Crippen LogP contribution in [0.4, 0.5) is 4.79 Å². The molecule has 0 unspecified atom stereocenters. The Hall–Kier alpha value is -0.770. The van der Waals surface area contributed by atoms with E-state index in [1.165, 1.54) is 5.06 Å². The van der Waals surface area contributed by atoms with Gasteiger partial charge in [0.25, 0.3) is 0 Å². The van der Waals surface area contributed by atoms with E-state index in [-0.39, 0.29) is 12.1 Å². The fourth-order valence-electron chi connectivity index (χ4n) is 0.684. The largest absolute Gasteiger partial charge is 0.343 e. The molecule has 0 aliphatic carbocycles.